The summed E-state index contributed by atoms with van der Waals surface area (Å²) < 4.78 is 0. The van der Waals surface area contributed by atoms with Crippen molar-refractivity contribution in [3.8, 4) is 6.07 Å². The summed E-state index contributed by atoms with van der Waals surface area (Å²) >= 11 is 0. The zero-order valence-corrected chi connectivity index (χ0v) is 12.1. The third kappa shape index (κ3) is 3.49. The second kappa shape index (κ2) is 6.24. The summed E-state index contributed by atoms with van der Waals surface area (Å²) in [6.45, 7) is 6.17. The lowest BCUT2D eigenvalue weighted by atomic mass is 9.94. The molecule has 106 valence electrons. The van der Waals surface area contributed by atoms with Crippen molar-refractivity contribution in [1.29, 1.82) is 5.26 Å². The molecule has 0 amide bonds. The van der Waals surface area contributed by atoms with E-state index in [1.165, 1.54) is 71.2 Å². The maximum atomic E-state index is 9.41. The Morgan fingerprint density at radius 3 is 2.32 bits per heavy atom. The van der Waals surface area contributed by atoms with Crippen LogP contribution in [0.15, 0.2) is 0 Å². The minimum atomic E-state index is 0.289. The van der Waals surface area contributed by atoms with Gasteiger partial charge in [-0.15, -0.1) is 0 Å². The average molecular weight is 261 g/mol. The zero-order chi connectivity index (χ0) is 13.1. The van der Waals surface area contributed by atoms with Crippen molar-refractivity contribution in [1.82, 2.24) is 9.80 Å². The van der Waals surface area contributed by atoms with Gasteiger partial charge in [0.15, 0.2) is 0 Å². The van der Waals surface area contributed by atoms with Crippen LogP contribution in [0.3, 0.4) is 0 Å². The van der Waals surface area contributed by atoms with Gasteiger partial charge in [0.2, 0.25) is 0 Å². The predicted molar refractivity (Wildman–Crippen MR) is 76.7 cm³/mol. The SMILES string of the molecule is N#CC1CCCCCC1N1CCN(CC2CC2)CC1. The molecule has 19 heavy (non-hydrogen) atoms. The molecule has 0 aromatic carbocycles. The second-order valence-electron chi connectivity index (χ2n) is 6.72. The molecular weight excluding hydrogens is 234 g/mol. The number of rotatable bonds is 3. The molecule has 0 radical (unpaired) electrons. The van der Waals surface area contributed by atoms with Gasteiger partial charge < -0.3 is 4.90 Å². The van der Waals surface area contributed by atoms with Gasteiger partial charge in [0.25, 0.3) is 0 Å². The molecule has 2 atom stereocenters. The number of hydrogen-bond donors (Lipinski definition) is 0. The van der Waals surface area contributed by atoms with E-state index in [2.05, 4.69) is 15.9 Å². The Hall–Kier alpha value is -0.590. The maximum Gasteiger partial charge on any atom is 0.0672 e. The normalized spacial score (nSPS) is 34.7. The lowest BCUT2D eigenvalue weighted by Gasteiger charge is -2.40. The van der Waals surface area contributed by atoms with E-state index in [-0.39, 0.29) is 5.92 Å². The van der Waals surface area contributed by atoms with Gasteiger partial charge >= 0.3 is 0 Å². The van der Waals surface area contributed by atoms with Gasteiger partial charge in [-0.05, 0) is 31.6 Å². The van der Waals surface area contributed by atoms with Gasteiger partial charge in [-0.3, -0.25) is 4.90 Å². The lowest BCUT2D eigenvalue weighted by molar-refractivity contribution is 0.0742. The molecule has 3 aliphatic rings. The molecule has 3 heteroatoms. The van der Waals surface area contributed by atoms with E-state index < -0.39 is 0 Å². The molecule has 0 aromatic heterocycles. The average Bonchev–Trinajstić information content (AvgIpc) is 3.25. The van der Waals surface area contributed by atoms with Gasteiger partial charge in [-0.25, -0.2) is 0 Å². The molecule has 1 heterocycles. The van der Waals surface area contributed by atoms with Crippen LogP contribution in [0.5, 0.6) is 0 Å². The Bertz CT molecular complexity index is 323. The van der Waals surface area contributed by atoms with E-state index in [0.717, 1.165) is 12.3 Å². The molecule has 2 saturated carbocycles. The Morgan fingerprint density at radius 2 is 1.63 bits per heavy atom. The van der Waals surface area contributed by atoms with Crippen LogP contribution >= 0.6 is 0 Å². The minimum absolute atomic E-state index is 0.289. The first-order chi connectivity index (χ1) is 9.36. The first-order valence-corrected chi connectivity index (χ1v) is 8.23. The topological polar surface area (TPSA) is 30.3 Å². The Labute approximate surface area is 117 Å². The first kappa shape index (κ1) is 13.4. The van der Waals surface area contributed by atoms with E-state index in [1.54, 1.807) is 0 Å². The molecule has 0 bridgehead atoms. The van der Waals surface area contributed by atoms with Crippen molar-refractivity contribution >= 4 is 0 Å². The first-order valence-electron chi connectivity index (χ1n) is 8.23. The fourth-order valence-electron chi connectivity index (χ4n) is 3.82. The van der Waals surface area contributed by atoms with Crippen molar-refractivity contribution in [2.24, 2.45) is 11.8 Å². The van der Waals surface area contributed by atoms with Crippen LogP contribution in [0, 0.1) is 23.2 Å². The summed E-state index contributed by atoms with van der Waals surface area (Å²) in [4.78, 5) is 5.27. The summed E-state index contributed by atoms with van der Waals surface area (Å²) in [5.74, 6) is 1.30. The number of nitriles is 1. The van der Waals surface area contributed by atoms with Crippen LogP contribution in [0.25, 0.3) is 0 Å². The van der Waals surface area contributed by atoms with Crippen LogP contribution in [0.1, 0.15) is 44.9 Å². The number of hydrogen-bond acceptors (Lipinski definition) is 3. The van der Waals surface area contributed by atoms with E-state index in [9.17, 15) is 5.26 Å². The highest BCUT2D eigenvalue weighted by molar-refractivity contribution is 4.96. The minimum Gasteiger partial charge on any atom is -0.301 e. The summed E-state index contributed by atoms with van der Waals surface area (Å²) in [5.41, 5.74) is 0. The Kier molecular flexibility index (Phi) is 4.40. The molecule has 1 aliphatic heterocycles. The molecule has 2 unspecified atom stereocenters. The molecule has 3 nitrogen and oxygen atoms in total. The highest BCUT2D eigenvalue weighted by atomic mass is 15.3. The largest absolute Gasteiger partial charge is 0.301 e. The predicted octanol–water partition coefficient (Wildman–Crippen LogP) is 2.49. The van der Waals surface area contributed by atoms with Gasteiger partial charge in [0.05, 0.1) is 12.0 Å². The molecule has 0 N–H and O–H groups in total. The summed E-state index contributed by atoms with van der Waals surface area (Å²) in [7, 11) is 0. The van der Waals surface area contributed by atoms with E-state index in [1.807, 2.05) is 0 Å². The smallest absolute Gasteiger partial charge is 0.0672 e. The lowest BCUT2D eigenvalue weighted by Crippen LogP contribution is -2.52. The quantitative estimate of drug-likeness (QED) is 0.731. The van der Waals surface area contributed by atoms with Crippen molar-refractivity contribution in [2.75, 3.05) is 32.7 Å². The number of piperazine rings is 1. The fourth-order valence-corrected chi connectivity index (χ4v) is 3.82. The monoisotopic (exact) mass is 261 g/mol. The Morgan fingerprint density at radius 1 is 0.895 bits per heavy atom. The van der Waals surface area contributed by atoms with E-state index in [0.29, 0.717) is 6.04 Å². The van der Waals surface area contributed by atoms with Crippen LogP contribution in [0.4, 0.5) is 0 Å². The molecule has 1 saturated heterocycles. The van der Waals surface area contributed by atoms with Crippen LogP contribution in [-0.2, 0) is 0 Å². The molecule has 0 spiro atoms. The van der Waals surface area contributed by atoms with Gasteiger partial charge in [-0.1, -0.05) is 19.3 Å². The van der Waals surface area contributed by atoms with Crippen molar-refractivity contribution in [3.63, 3.8) is 0 Å². The standard InChI is InChI=1S/C16H27N3/c17-12-15-4-2-1-3-5-16(15)19-10-8-18(9-11-19)13-14-6-7-14/h14-16H,1-11,13H2. The van der Waals surface area contributed by atoms with E-state index >= 15 is 0 Å². The van der Waals surface area contributed by atoms with Crippen molar-refractivity contribution < 1.29 is 0 Å². The highest BCUT2D eigenvalue weighted by Crippen LogP contribution is 2.31. The molecular formula is C16H27N3. The van der Waals surface area contributed by atoms with Crippen LogP contribution in [-0.4, -0.2) is 48.6 Å². The third-order valence-corrected chi connectivity index (χ3v) is 5.23. The summed E-state index contributed by atoms with van der Waals surface area (Å²) in [6, 6.07) is 3.14. The maximum absolute atomic E-state index is 9.41. The van der Waals surface area contributed by atoms with E-state index in [4.69, 9.17) is 0 Å². The van der Waals surface area contributed by atoms with Gasteiger partial charge in [0.1, 0.15) is 0 Å². The van der Waals surface area contributed by atoms with Crippen molar-refractivity contribution in [3.05, 3.63) is 0 Å². The molecule has 3 fully saturated rings. The number of nitrogens with zero attached hydrogens (tertiary/aromatic N) is 3. The fraction of sp³-hybridized carbons (Fsp3) is 0.938. The molecule has 2 aliphatic carbocycles. The van der Waals surface area contributed by atoms with Gasteiger partial charge in [-0.2, -0.15) is 5.26 Å². The second-order valence-corrected chi connectivity index (χ2v) is 6.72. The zero-order valence-electron chi connectivity index (χ0n) is 12.1. The Balaban J connectivity index is 1.52. The summed E-state index contributed by atoms with van der Waals surface area (Å²) in [6.07, 6.45) is 9.21. The third-order valence-electron chi connectivity index (χ3n) is 5.23. The highest BCUT2D eigenvalue weighted by Gasteiger charge is 2.32. The molecule has 3 rings (SSSR count). The molecule has 0 aromatic rings. The summed E-state index contributed by atoms with van der Waals surface area (Å²) in [5, 5.41) is 9.41. The van der Waals surface area contributed by atoms with Gasteiger partial charge in [0, 0.05) is 38.8 Å². The van der Waals surface area contributed by atoms with Crippen LogP contribution < -0.4 is 0 Å². The van der Waals surface area contributed by atoms with Crippen molar-refractivity contribution in [2.45, 2.75) is 51.0 Å². The van der Waals surface area contributed by atoms with Crippen LogP contribution in [0.2, 0.25) is 0 Å².